The minimum Gasteiger partial charge on any atom is -0.459 e. The van der Waals surface area contributed by atoms with Gasteiger partial charge in [0, 0.05) is 20.5 Å². The molecule has 0 N–H and O–H groups in total. The lowest BCUT2D eigenvalue weighted by Gasteiger charge is -2.27. The zero-order chi connectivity index (χ0) is 15.3. The summed E-state index contributed by atoms with van der Waals surface area (Å²) in [6, 6.07) is -0.135. The molecule has 1 saturated heterocycles. The van der Waals surface area contributed by atoms with Crippen LogP contribution in [0.2, 0.25) is 0 Å². The maximum absolute atomic E-state index is 12.1. The molecule has 1 fully saturated rings. The smallest absolute Gasteiger partial charge is 0.323 e. The van der Waals surface area contributed by atoms with Crippen LogP contribution in [0.3, 0.4) is 0 Å². The largest absolute Gasteiger partial charge is 0.459 e. The fourth-order valence-electron chi connectivity index (χ4n) is 2.39. The highest BCUT2D eigenvalue weighted by molar-refractivity contribution is 5.77. The van der Waals surface area contributed by atoms with Gasteiger partial charge in [-0.1, -0.05) is 0 Å². The standard InChI is InChI=1S/C15H28N2O3/c1-15(2,3)20-14(19)12-8-6-10-17(12)11-7-9-13(18)16(4)5/h12H,6-11H2,1-5H3/t12-/m1/s1. The van der Waals surface area contributed by atoms with E-state index in [2.05, 4.69) is 4.90 Å². The molecule has 0 radical (unpaired) electrons. The Morgan fingerprint density at radius 1 is 1.30 bits per heavy atom. The van der Waals surface area contributed by atoms with E-state index in [4.69, 9.17) is 4.74 Å². The van der Waals surface area contributed by atoms with Crippen molar-refractivity contribution in [3.63, 3.8) is 0 Å². The van der Waals surface area contributed by atoms with Crippen molar-refractivity contribution in [1.82, 2.24) is 9.80 Å². The second-order valence-corrected chi connectivity index (χ2v) is 6.62. The fourth-order valence-corrected chi connectivity index (χ4v) is 2.39. The van der Waals surface area contributed by atoms with E-state index in [-0.39, 0.29) is 17.9 Å². The topological polar surface area (TPSA) is 49.9 Å². The predicted octanol–water partition coefficient (Wildman–Crippen LogP) is 1.66. The normalized spacial score (nSPS) is 19.9. The number of carbonyl (C=O) groups excluding carboxylic acids is 2. The van der Waals surface area contributed by atoms with Gasteiger partial charge in [0.2, 0.25) is 5.91 Å². The molecule has 0 bridgehead atoms. The summed E-state index contributed by atoms with van der Waals surface area (Å²) in [5.74, 6) is 0.00644. The molecular formula is C15H28N2O3. The quantitative estimate of drug-likeness (QED) is 0.721. The number of likely N-dealkylation sites (tertiary alicyclic amines) is 1. The lowest BCUT2D eigenvalue weighted by molar-refractivity contribution is -0.160. The van der Waals surface area contributed by atoms with Crippen LogP contribution >= 0.6 is 0 Å². The maximum atomic E-state index is 12.1. The number of esters is 1. The van der Waals surface area contributed by atoms with Crippen molar-refractivity contribution in [2.45, 2.75) is 58.1 Å². The van der Waals surface area contributed by atoms with E-state index in [1.165, 1.54) is 0 Å². The minimum atomic E-state index is -0.438. The Kier molecular flexibility index (Phi) is 5.99. The number of rotatable bonds is 5. The third-order valence-electron chi connectivity index (χ3n) is 3.38. The fraction of sp³-hybridized carbons (Fsp3) is 0.867. The van der Waals surface area contributed by atoms with Gasteiger partial charge >= 0.3 is 5.97 Å². The number of hydrogen-bond donors (Lipinski definition) is 0. The Balaban J connectivity index is 2.41. The average molecular weight is 284 g/mol. The highest BCUT2D eigenvalue weighted by atomic mass is 16.6. The molecule has 1 amide bonds. The molecule has 1 heterocycles. The first-order valence-corrected chi connectivity index (χ1v) is 7.38. The second kappa shape index (κ2) is 7.07. The van der Waals surface area contributed by atoms with E-state index in [1.807, 2.05) is 20.8 Å². The number of nitrogens with zero attached hydrogens (tertiary/aromatic N) is 2. The van der Waals surface area contributed by atoms with Crippen molar-refractivity contribution in [2.75, 3.05) is 27.2 Å². The van der Waals surface area contributed by atoms with E-state index >= 15 is 0 Å². The molecule has 5 heteroatoms. The number of carbonyl (C=O) groups is 2. The van der Waals surface area contributed by atoms with Gasteiger partial charge in [-0.15, -0.1) is 0 Å². The van der Waals surface area contributed by atoms with Gasteiger partial charge in [0.15, 0.2) is 0 Å². The Morgan fingerprint density at radius 2 is 1.95 bits per heavy atom. The van der Waals surface area contributed by atoms with Gasteiger partial charge in [-0.2, -0.15) is 0 Å². The van der Waals surface area contributed by atoms with Gasteiger partial charge in [-0.05, 0) is 53.1 Å². The van der Waals surface area contributed by atoms with E-state index in [0.717, 1.165) is 32.4 Å². The van der Waals surface area contributed by atoms with Crippen LogP contribution in [0.25, 0.3) is 0 Å². The monoisotopic (exact) mass is 284 g/mol. The van der Waals surface area contributed by atoms with Crippen LogP contribution in [0.5, 0.6) is 0 Å². The molecule has 0 aromatic carbocycles. The third-order valence-corrected chi connectivity index (χ3v) is 3.38. The minimum absolute atomic E-state index is 0.131. The lowest BCUT2D eigenvalue weighted by atomic mass is 10.1. The van der Waals surface area contributed by atoms with Crippen LogP contribution in [0, 0.1) is 0 Å². The number of ether oxygens (including phenoxy) is 1. The molecular weight excluding hydrogens is 256 g/mol. The van der Waals surface area contributed by atoms with Gasteiger partial charge in [0.05, 0.1) is 0 Å². The van der Waals surface area contributed by atoms with Crippen molar-refractivity contribution < 1.29 is 14.3 Å². The zero-order valence-electron chi connectivity index (χ0n) is 13.4. The van der Waals surface area contributed by atoms with Crippen molar-refractivity contribution in [3.8, 4) is 0 Å². The van der Waals surface area contributed by atoms with Crippen LogP contribution in [-0.4, -0.2) is 60.5 Å². The van der Waals surface area contributed by atoms with Crippen LogP contribution in [0.15, 0.2) is 0 Å². The van der Waals surface area contributed by atoms with E-state index in [9.17, 15) is 9.59 Å². The molecule has 1 aliphatic heterocycles. The molecule has 5 nitrogen and oxygen atoms in total. The summed E-state index contributed by atoms with van der Waals surface area (Å²) < 4.78 is 5.46. The van der Waals surface area contributed by atoms with Crippen molar-refractivity contribution in [1.29, 1.82) is 0 Å². The van der Waals surface area contributed by atoms with Crippen molar-refractivity contribution in [3.05, 3.63) is 0 Å². The summed E-state index contributed by atoms with van der Waals surface area (Å²) in [6.45, 7) is 7.36. The molecule has 0 aliphatic carbocycles. The lowest BCUT2D eigenvalue weighted by Crippen LogP contribution is -2.41. The van der Waals surface area contributed by atoms with Gasteiger partial charge in [-0.25, -0.2) is 0 Å². The summed E-state index contributed by atoms with van der Waals surface area (Å²) in [7, 11) is 3.53. The predicted molar refractivity (Wildman–Crippen MR) is 78.4 cm³/mol. The summed E-state index contributed by atoms with van der Waals surface area (Å²) in [6.07, 6.45) is 3.20. The Bertz CT molecular complexity index is 348. The van der Waals surface area contributed by atoms with E-state index < -0.39 is 5.60 Å². The highest BCUT2D eigenvalue weighted by Gasteiger charge is 2.33. The first-order chi connectivity index (χ1) is 9.20. The van der Waals surface area contributed by atoms with E-state index in [0.29, 0.717) is 6.42 Å². The summed E-state index contributed by atoms with van der Waals surface area (Å²) >= 11 is 0. The van der Waals surface area contributed by atoms with Gasteiger partial charge in [-0.3, -0.25) is 14.5 Å². The van der Waals surface area contributed by atoms with Crippen molar-refractivity contribution >= 4 is 11.9 Å². The third kappa shape index (κ3) is 5.49. The summed E-state index contributed by atoms with van der Waals surface area (Å²) in [5, 5.41) is 0. The molecule has 0 aromatic rings. The first-order valence-electron chi connectivity index (χ1n) is 7.38. The van der Waals surface area contributed by atoms with E-state index in [1.54, 1.807) is 19.0 Å². The number of hydrogen-bond acceptors (Lipinski definition) is 4. The second-order valence-electron chi connectivity index (χ2n) is 6.62. The molecule has 0 spiro atoms. The maximum Gasteiger partial charge on any atom is 0.323 e. The van der Waals surface area contributed by atoms with Gasteiger partial charge in [0.1, 0.15) is 11.6 Å². The molecule has 116 valence electrons. The Hall–Kier alpha value is -1.10. The molecule has 1 aliphatic rings. The molecule has 1 rings (SSSR count). The Labute approximate surface area is 122 Å². The SMILES string of the molecule is CN(C)C(=O)CCCN1CCC[C@@H]1C(=O)OC(C)(C)C. The van der Waals surface area contributed by atoms with Crippen LogP contribution in [0.4, 0.5) is 0 Å². The molecule has 0 aromatic heterocycles. The van der Waals surface area contributed by atoms with Crippen molar-refractivity contribution in [2.24, 2.45) is 0 Å². The first kappa shape index (κ1) is 17.0. The highest BCUT2D eigenvalue weighted by Crippen LogP contribution is 2.21. The molecule has 20 heavy (non-hydrogen) atoms. The van der Waals surface area contributed by atoms with Crippen LogP contribution < -0.4 is 0 Å². The zero-order valence-corrected chi connectivity index (χ0v) is 13.4. The molecule has 0 unspecified atom stereocenters. The van der Waals surface area contributed by atoms with Crippen LogP contribution in [-0.2, 0) is 14.3 Å². The summed E-state index contributed by atoms with van der Waals surface area (Å²) in [4.78, 5) is 27.4. The average Bonchev–Trinajstić information content (AvgIpc) is 2.74. The number of amides is 1. The Morgan fingerprint density at radius 3 is 2.50 bits per heavy atom. The summed E-state index contributed by atoms with van der Waals surface area (Å²) in [5.41, 5.74) is -0.438. The molecule has 1 atom stereocenters. The van der Waals surface area contributed by atoms with Gasteiger partial charge < -0.3 is 9.64 Å². The van der Waals surface area contributed by atoms with Gasteiger partial charge in [0.25, 0.3) is 0 Å². The van der Waals surface area contributed by atoms with Crippen LogP contribution in [0.1, 0.15) is 46.5 Å². The molecule has 0 saturated carbocycles.